The van der Waals surface area contributed by atoms with Gasteiger partial charge in [-0.1, -0.05) is 0 Å². The van der Waals surface area contributed by atoms with Gasteiger partial charge in [-0.05, 0) is 38.5 Å². The van der Waals surface area contributed by atoms with Crippen molar-refractivity contribution in [3.63, 3.8) is 0 Å². The van der Waals surface area contributed by atoms with E-state index in [4.69, 9.17) is 9.84 Å². The molecule has 0 heterocycles. The van der Waals surface area contributed by atoms with Crippen LogP contribution in [0.1, 0.15) is 38.5 Å². The number of aliphatic hydroxyl groups is 1. The second-order valence-corrected chi connectivity index (χ2v) is 4.28. The van der Waals surface area contributed by atoms with Crippen LogP contribution in [0.2, 0.25) is 0 Å². The highest BCUT2D eigenvalue weighted by molar-refractivity contribution is 5.68. The molecule has 0 bridgehead atoms. The third-order valence-electron chi connectivity index (χ3n) is 3.01. The van der Waals surface area contributed by atoms with Crippen LogP contribution in [0.4, 0.5) is 4.79 Å². The molecule has 0 unspecified atom stereocenters. The number of rotatable bonds is 2. The lowest BCUT2D eigenvalue weighted by molar-refractivity contribution is 0.0501. The van der Waals surface area contributed by atoms with E-state index in [0.717, 1.165) is 12.8 Å². The van der Waals surface area contributed by atoms with Crippen LogP contribution in [0.25, 0.3) is 0 Å². The maximum Gasteiger partial charge on any atom is 0.407 e. The molecule has 0 aromatic heterocycles. The molecule has 2 rings (SSSR count). The summed E-state index contributed by atoms with van der Waals surface area (Å²) >= 11 is 0. The largest absolute Gasteiger partial charge is 0.446 e. The molecule has 4 heteroatoms. The number of hydrogen-bond acceptors (Lipinski definition) is 3. The van der Waals surface area contributed by atoms with E-state index in [1.807, 2.05) is 0 Å². The van der Waals surface area contributed by atoms with Gasteiger partial charge < -0.3 is 15.2 Å². The van der Waals surface area contributed by atoms with E-state index >= 15 is 0 Å². The van der Waals surface area contributed by atoms with Crippen molar-refractivity contribution in [2.75, 3.05) is 0 Å². The maximum atomic E-state index is 11.3. The number of aliphatic hydroxyl groups excluding tert-OH is 1. The van der Waals surface area contributed by atoms with Crippen molar-refractivity contribution < 1.29 is 14.6 Å². The van der Waals surface area contributed by atoms with Gasteiger partial charge in [-0.3, -0.25) is 0 Å². The van der Waals surface area contributed by atoms with E-state index in [1.165, 1.54) is 12.8 Å². The Hall–Kier alpha value is -0.770. The highest BCUT2D eigenvalue weighted by atomic mass is 16.6. The molecule has 14 heavy (non-hydrogen) atoms. The van der Waals surface area contributed by atoms with Crippen LogP contribution in [-0.2, 0) is 4.74 Å². The second kappa shape index (κ2) is 4.17. The smallest absolute Gasteiger partial charge is 0.407 e. The van der Waals surface area contributed by atoms with Gasteiger partial charge in [0.05, 0.1) is 6.10 Å². The standard InChI is InChI=1S/C10H17NO3/c12-8-5-7(6-8)11-10(13)14-9-3-1-2-4-9/h7-9,12H,1-6H2,(H,11,13). The zero-order chi connectivity index (χ0) is 9.97. The van der Waals surface area contributed by atoms with Crippen LogP contribution < -0.4 is 5.32 Å². The first-order valence-corrected chi connectivity index (χ1v) is 5.39. The van der Waals surface area contributed by atoms with E-state index < -0.39 is 0 Å². The van der Waals surface area contributed by atoms with Crippen LogP contribution >= 0.6 is 0 Å². The van der Waals surface area contributed by atoms with Crippen LogP contribution in [0.3, 0.4) is 0 Å². The first-order chi connectivity index (χ1) is 6.74. The van der Waals surface area contributed by atoms with Crippen molar-refractivity contribution >= 4 is 6.09 Å². The Morgan fingerprint density at radius 1 is 1.29 bits per heavy atom. The number of ether oxygens (including phenoxy) is 1. The van der Waals surface area contributed by atoms with Crippen LogP contribution in [0, 0.1) is 0 Å². The van der Waals surface area contributed by atoms with E-state index in [-0.39, 0.29) is 24.3 Å². The Balaban J connectivity index is 1.63. The molecule has 2 aliphatic rings. The molecule has 2 fully saturated rings. The molecule has 0 aliphatic heterocycles. The van der Waals surface area contributed by atoms with Crippen molar-refractivity contribution in [1.29, 1.82) is 0 Å². The quantitative estimate of drug-likeness (QED) is 0.702. The normalized spacial score (nSPS) is 32.4. The number of amides is 1. The number of nitrogens with one attached hydrogen (secondary N) is 1. The van der Waals surface area contributed by atoms with Crippen molar-refractivity contribution in [1.82, 2.24) is 5.32 Å². The second-order valence-electron chi connectivity index (χ2n) is 4.28. The first-order valence-electron chi connectivity index (χ1n) is 5.39. The minimum Gasteiger partial charge on any atom is -0.446 e. The van der Waals surface area contributed by atoms with Gasteiger partial charge in [0.1, 0.15) is 6.10 Å². The van der Waals surface area contributed by atoms with E-state index in [2.05, 4.69) is 5.32 Å². The number of hydrogen-bond donors (Lipinski definition) is 2. The van der Waals surface area contributed by atoms with Gasteiger partial charge in [0.15, 0.2) is 0 Å². The molecular formula is C10H17NO3. The Kier molecular flexibility index (Phi) is 2.91. The van der Waals surface area contributed by atoms with Gasteiger partial charge in [-0.2, -0.15) is 0 Å². The summed E-state index contributed by atoms with van der Waals surface area (Å²) in [4.78, 5) is 11.3. The Morgan fingerprint density at radius 3 is 2.50 bits per heavy atom. The molecule has 0 aromatic carbocycles. The molecule has 0 atom stereocenters. The summed E-state index contributed by atoms with van der Waals surface area (Å²) < 4.78 is 5.22. The van der Waals surface area contributed by atoms with Crippen LogP contribution in [0.5, 0.6) is 0 Å². The van der Waals surface area contributed by atoms with Gasteiger partial charge in [0.2, 0.25) is 0 Å². The lowest BCUT2D eigenvalue weighted by atomic mass is 9.90. The van der Waals surface area contributed by atoms with Crippen LogP contribution in [-0.4, -0.2) is 29.4 Å². The fourth-order valence-electron chi connectivity index (χ4n) is 2.06. The molecule has 2 aliphatic carbocycles. The summed E-state index contributed by atoms with van der Waals surface area (Å²) in [6, 6.07) is 0.124. The van der Waals surface area contributed by atoms with Crippen LogP contribution in [0.15, 0.2) is 0 Å². The minimum atomic E-state index is -0.311. The molecule has 2 saturated carbocycles. The summed E-state index contributed by atoms with van der Waals surface area (Å²) in [5.41, 5.74) is 0. The lowest BCUT2D eigenvalue weighted by Crippen LogP contribution is -2.47. The molecule has 0 aromatic rings. The summed E-state index contributed by atoms with van der Waals surface area (Å²) in [7, 11) is 0. The highest BCUT2D eigenvalue weighted by Crippen LogP contribution is 2.22. The molecule has 0 radical (unpaired) electrons. The zero-order valence-electron chi connectivity index (χ0n) is 8.24. The van der Waals surface area contributed by atoms with Gasteiger partial charge >= 0.3 is 6.09 Å². The number of carbonyl (C=O) groups is 1. The average molecular weight is 199 g/mol. The van der Waals surface area contributed by atoms with E-state index in [1.54, 1.807) is 0 Å². The highest BCUT2D eigenvalue weighted by Gasteiger charge is 2.29. The lowest BCUT2D eigenvalue weighted by Gasteiger charge is -2.31. The average Bonchev–Trinajstić information content (AvgIpc) is 2.54. The van der Waals surface area contributed by atoms with Crippen molar-refractivity contribution in [3.8, 4) is 0 Å². The molecule has 4 nitrogen and oxygen atoms in total. The molecule has 0 spiro atoms. The molecule has 0 saturated heterocycles. The summed E-state index contributed by atoms with van der Waals surface area (Å²) in [5.74, 6) is 0. The topological polar surface area (TPSA) is 58.6 Å². The SMILES string of the molecule is O=C(NC1CC(O)C1)OC1CCCC1. The van der Waals surface area contributed by atoms with Gasteiger partial charge in [0.25, 0.3) is 0 Å². The van der Waals surface area contributed by atoms with Gasteiger partial charge in [-0.15, -0.1) is 0 Å². The zero-order valence-corrected chi connectivity index (χ0v) is 8.24. The predicted molar refractivity (Wildman–Crippen MR) is 50.9 cm³/mol. The number of carbonyl (C=O) groups excluding carboxylic acids is 1. The van der Waals surface area contributed by atoms with Crippen molar-refractivity contribution in [3.05, 3.63) is 0 Å². The molecule has 1 amide bonds. The Bertz CT molecular complexity index is 207. The van der Waals surface area contributed by atoms with Gasteiger partial charge in [-0.25, -0.2) is 4.79 Å². The first kappa shape index (κ1) is 9.77. The van der Waals surface area contributed by atoms with E-state index in [9.17, 15) is 4.79 Å². The third kappa shape index (κ3) is 2.38. The predicted octanol–water partition coefficient (Wildman–Crippen LogP) is 1.18. The maximum absolute atomic E-state index is 11.3. The fraction of sp³-hybridized carbons (Fsp3) is 0.900. The number of alkyl carbamates (subject to hydrolysis) is 1. The summed E-state index contributed by atoms with van der Waals surface area (Å²) in [6.45, 7) is 0. The Labute approximate surface area is 83.6 Å². The molecule has 2 N–H and O–H groups in total. The molecule has 80 valence electrons. The Morgan fingerprint density at radius 2 is 1.93 bits per heavy atom. The summed E-state index contributed by atoms with van der Waals surface area (Å²) in [6.07, 6.45) is 5.25. The van der Waals surface area contributed by atoms with Gasteiger partial charge in [0, 0.05) is 6.04 Å². The molecular weight excluding hydrogens is 182 g/mol. The monoisotopic (exact) mass is 199 g/mol. The van der Waals surface area contributed by atoms with Crippen molar-refractivity contribution in [2.24, 2.45) is 0 Å². The van der Waals surface area contributed by atoms with Crippen molar-refractivity contribution in [2.45, 2.75) is 56.8 Å². The third-order valence-corrected chi connectivity index (χ3v) is 3.01. The minimum absolute atomic E-state index is 0.124. The fourth-order valence-corrected chi connectivity index (χ4v) is 2.06. The summed E-state index contributed by atoms with van der Waals surface area (Å²) in [5, 5.41) is 11.8. The van der Waals surface area contributed by atoms with E-state index in [0.29, 0.717) is 12.8 Å².